The summed E-state index contributed by atoms with van der Waals surface area (Å²) in [6.07, 6.45) is 13.3. The van der Waals surface area contributed by atoms with Crippen molar-refractivity contribution in [1.29, 1.82) is 0 Å². The van der Waals surface area contributed by atoms with Crippen molar-refractivity contribution in [2.24, 2.45) is 17.8 Å². The number of benzene rings is 2. The van der Waals surface area contributed by atoms with Crippen LogP contribution >= 0.6 is 0 Å². The van der Waals surface area contributed by atoms with E-state index in [-0.39, 0.29) is 0 Å². The lowest BCUT2D eigenvalue weighted by atomic mass is 9.64. The van der Waals surface area contributed by atoms with Gasteiger partial charge in [0.15, 0.2) is 0 Å². The normalized spacial score (nSPS) is 30.5. The molecule has 4 aliphatic rings. The SMILES string of the molecule is C1=CC(C(C(c2ccccc2)c2ccccc2)C2CC3CCN2CC3)CCC1. The molecule has 3 fully saturated rings. The monoisotopic (exact) mass is 371 g/mol. The molecule has 3 atom stereocenters. The standard InChI is InChI=1S/C27H33N/c1-4-10-22(11-5-1)26(23-12-6-2-7-13-23)27(24-14-8-3-9-15-24)25-20-21-16-18-28(25)19-17-21/h1-2,4-8,10-14,21,24-27H,3,9,15-20H2. The second-order valence-corrected chi connectivity index (χ2v) is 9.18. The Hall–Kier alpha value is -1.86. The van der Waals surface area contributed by atoms with Crippen LogP contribution in [0.25, 0.3) is 0 Å². The van der Waals surface area contributed by atoms with E-state index in [0.717, 1.165) is 12.0 Å². The van der Waals surface area contributed by atoms with Crippen molar-refractivity contribution in [2.45, 2.75) is 50.5 Å². The Bertz CT molecular complexity index is 733. The zero-order chi connectivity index (χ0) is 18.8. The highest BCUT2D eigenvalue weighted by Gasteiger charge is 2.44. The van der Waals surface area contributed by atoms with Crippen molar-refractivity contribution < 1.29 is 0 Å². The molecular formula is C27H33N. The van der Waals surface area contributed by atoms with E-state index in [9.17, 15) is 0 Å². The van der Waals surface area contributed by atoms with Crippen molar-refractivity contribution >= 4 is 0 Å². The van der Waals surface area contributed by atoms with Crippen LogP contribution in [0.4, 0.5) is 0 Å². The van der Waals surface area contributed by atoms with Gasteiger partial charge in [0, 0.05) is 12.0 Å². The fourth-order valence-corrected chi connectivity index (χ4v) is 6.28. The average molecular weight is 372 g/mol. The first-order valence-corrected chi connectivity index (χ1v) is 11.4. The number of hydrogen-bond acceptors (Lipinski definition) is 1. The molecule has 3 aliphatic heterocycles. The maximum absolute atomic E-state index is 2.85. The Morgan fingerprint density at radius 1 is 0.786 bits per heavy atom. The van der Waals surface area contributed by atoms with Crippen LogP contribution in [0.5, 0.6) is 0 Å². The lowest BCUT2D eigenvalue weighted by molar-refractivity contribution is -0.000183. The molecule has 1 nitrogen and oxygen atoms in total. The molecule has 146 valence electrons. The molecule has 0 aromatic heterocycles. The summed E-state index contributed by atoms with van der Waals surface area (Å²) >= 11 is 0. The van der Waals surface area contributed by atoms with Gasteiger partial charge in [0.1, 0.15) is 0 Å². The summed E-state index contributed by atoms with van der Waals surface area (Å²) < 4.78 is 0. The van der Waals surface area contributed by atoms with Gasteiger partial charge in [-0.3, -0.25) is 0 Å². The van der Waals surface area contributed by atoms with Crippen LogP contribution in [0, 0.1) is 17.8 Å². The molecule has 0 amide bonds. The van der Waals surface area contributed by atoms with Gasteiger partial charge in [0.25, 0.3) is 0 Å². The second-order valence-electron chi connectivity index (χ2n) is 9.18. The van der Waals surface area contributed by atoms with Crippen molar-refractivity contribution in [3.05, 3.63) is 83.9 Å². The smallest absolute Gasteiger partial charge is 0.0141 e. The van der Waals surface area contributed by atoms with E-state index in [1.807, 2.05) is 0 Å². The molecule has 0 saturated carbocycles. The van der Waals surface area contributed by atoms with E-state index in [2.05, 4.69) is 77.7 Å². The van der Waals surface area contributed by atoms with Gasteiger partial charge in [-0.2, -0.15) is 0 Å². The highest BCUT2D eigenvalue weighted by molar-refractivity contribution is 5.35. The van der Waals surface area contributed by atoms with Crippen molar-refractivity contribution in [3.8, 4) is 0 Å². The van der Waals surface area contributed by atoms with Gasteiger partial charge in [0.05, 0.1) is 0 Å². The van der Waals surface area contributed by atoms with Crippen LogP contribution in [0.2, 0.25) is 0 Å². The second kappa shape index (κ2) is 8.25. The lowest BCUT2D eigenvalue weighted by Crippen LogP contribution is -2.54. The minimum atomic E-state index is 0.486. The maximum atomic E-state index is 2.85. The Morgan fingerprint density at radius 2 is 1.43 bits per heavy atom. The summed E-state index contributed by atoms with van der Waals surface area (Å²) in [5.41, 5.74) is 3.00. The zero-order valence-electron chi connectivity index (χ0n) is 16.9. The number of nitrogens with zero attached hydrogens (tertiary/aromatic N) is 1. The summed E-state index contributed by atoms with van der Waals surface area (Å²) in [4.78, 5) is 2.85. The zero-order valence-corrected chi connectivity index (χ0v) is 16.9. The van der Waals surface area contributed by atoms with Crippen LogP contribution in [0.1, 0.15) is 55.6 Å². The van der Waals surface area contributed by atoms with E-state index in [4.69, 9.17) is 0 Å². The maximum Gasteiger partial charge on any atom is 0.0141 e. The third kappa shape index (κ3) is 3.57. The first-order chi connectivity index (χ1) is 13.9. The molecule has 1 aliphatic carbocycles. The minimum absolute atomic E-state index is 0.486. The largest absolute Gasteiger partial charge is 0.300 e. The summed E-state index contributed by atoms with van der Waals surface area (Å²) in [7, 11) is 0. The molecule has 2 bridgehead atoms. The Morgan fingerprint density at radius 3 is 1.93 bits per heavy atom. The van der Waals surface area contributed by atoms with Crippen LogP contribution in [0.3, 0.4) is 0 Å². The fraction of sp³-hybridized carbons (Fsp3) is 0.481. The Kier molecular flexibility index (Phi) is 5.36. The molecule has 2 aromatic rings. The topological polar surface area (TPSA) is 3.24 Å². The fourth-order valence-electron chi connectivity index (χ4n) is 6.28. The van der Waals surface area contributed by atoms with Crippen LogP contribution in [0.15, 0.2) is 72.8 Å². The molecule has 6 rings (SSSR count). The van der Waals surface area contributed by atoms with Crippen LogP contribution in [-0.2, 0) is 0 Å². The first kappa shape index (κ1) is 18.2. The third-order valence-electron chi connectivity index (χ3n) is 7.63. The number of piperidine rings is 3. The predicted octanol–water partition coefficient (Wildman–Crippen LogP) is 6.28. The van der Waals surface area contributed by atoms with E-state index in [1.165, 1.54) is 62.7 Å². The lowest BCUT2D eigenvalue weighted by Gasteiger charge is -2.52. The molecule has 0 spiro atoms. The Balaban J connectivity index is 1.60. The number of rotatable bonds is 5. The van der Waals surface area contributed by atoms with Gasteiger partial charge in [-0.1, -0.05) is 72.8 Å². The van der Waals surface area contributed by atoms with Crippen molar-refractivity contribution in [3.63, 3.8) is 0 Å². The van der Waals surface area contributed by atoms with Crippen molar-refractivity contribution in [1.82, 2.24) is 4.90 Å². The third-order valence-corrected chi connectivity index (χ3v) is 7.63. The summed E-state index contributed by atoms with van der Waals surface area (Å²) in [6.45, 7) is 2.64. The molecule has 0 N–H and O–H groups in total. The molecule has 1 heteroatoms. The summed E-state index contributed by atoms with van der Waals surface area (Å²) in [5, 5.41) is 0. The predicted molar refractivity (Wildman–Crippen MR) is 117 cm³/mol. The number of fused-ring (bicyclic) bond motifs is 3. The molecule has 2 aromatic carbocycles. The highest BCUT2D eigenvalue weighted by Crippen LogP contribution is 2.47. The number of allylic oxidation sites excluding steroid dienone is 2. The van der Waals surface area contributed by atoms with E-state index in [1.54, 1.807) is 0 Å². The summed E-state index contributed by atoms with van der Waals surface area (Å²) in [5.74, 6) is 2.81. The first-order valence-electron chi connectivity index (χ1n) is 11.4. The van der Waals surface area contributed by atoms with E-state index in [0.29, 0.717) is 17.8 Å². The molecular weight excluding hydrogens is 338 g/mol. The molecule has 0 radical (unpaired) electrons. The van der Waals surface area contributed by atoms with Gasteiger partial charge in [-0.25, -0.2) is 0 Å². The van der Waals surface area contributed by atoms with Gasteiger partial charge >= 0.3 is 0 Å². The highest BCUT2D eigenvalue weighted by atomic mass is 15.2. The number of hydrogen-bond donors (Lipinski definition) is 0. The molecule has 28 heavy (non-hydrogen) atoms. The molecule has 3 unspecified atom stereocenters. The van der Waals surface area contributed by atoms with Gasteiger partial charge < -0.3 is 4.90 Å². The minimum Gasteiger partial charge on any atom is -0.300 e. The van der Waals surface area contributed by atoms with E-state index >= 15 is 0 Å². The van der Waals surface area contributed by atoms with Crippen molar-refractivity contribution in [2.75, 3.05) is 13.1 Å². The Labute approximate surface area is 170 Å². The average Bonchev–Trinajstić information content (AvgIpc) is 2.80. The molecule has 3 saturated heterocycles. The van der Waals surface area contributed by atoms with Gasteiger partial charge in [-0.15, -0.1) is 0 Å². The quantitative estimate of drug-likeness (QED) is 0.559. The molecule has 3 heterocycles. The summed E-state index contributed by atoms with van der Waals surface area (Å²) in [6, 6.07) is 23.4. The van der Waals surface area contributed by atoms with Gasteiger partial charge in [0.2, 0.25) is 0 Å². The van der Waals surface area contributed by atoms with Crippen LogP contribution < -0.4 is 0 Å². The van der Waals surface area contributed by atoms with Crippen LogP contribution in [-0.4, -0.2) is 24.0 Å². The van der Waals surface area contributed by atoms with E-state index < -0.39 is 0 Å². The van der Waals surface area contributed by atoms with Gasteiger partial charge in [-0.05, 0) is 80.5 Å².